The van der Waals surface area contributed by atoms with Crippen LogP contribution in [0.25, 0.3) is 5.69 Å². The number of amides is 1. The van der Waals surface area contributed by atoms with Gasteiger partial charge in [0, 0.05) is 6.04 Å². The van der Waals surface area contributed by atoms with Crippen LogP contribution in [-0.2, 0) is 0 Å². The van der Waals surface area contributed by atoms with Crippen molar-refractivity contribution in [2.75, 3.05) is 6.61 Å². The van der Waals surface area contributed by atoms with Gasteiger partial charge in [-0.1, -0.05) is 12.1 Å². The monoisotopic (exact) mass is 287 g/mol. The smallest absolute Gasteiger partial charge is 0.255 e. The maximum absolute atomic E-state index is 12.2. The first-order valence-corrected chi connectivity index (χ1v) is 6.98. The lowest BCUT2D eigenvalue weighted by Crippen LogP contribution is -2.35. The summed E-state index contributed by atoms with van der Waals surface area (Å²) in [5.41, 5.74) is 4.53. The molecule has 0 aliphatic heterocycles. The Morgan fingerprint density at radius 3 is 2.76 bits per heavy atom. The molecule has 0 bridgehead atoms. The van der Waals surface area contributed by atoms with Crippen molar-refractivity contribution in [3.63, 3.8) is 0 Å². The molecule has 0 saturated heterocycles. The number of aryl methyl sites for hydroxylation is 2. The van der Waals surface area contributed by atoms with Gasteiger partial charge in [-0.3, -0.25) is 4.79 Å². The molecule has 0 fully saturated rings. The van der Waals surface area contributed by atoms with E-state index in [2.05, 4.69) is 10.4 Å². The number of nitrogens with zero attached hydrogens (tertiary/aromatic N) is 2. The Kier molecular flexibility index (Phi) is 4.43. The first-order chi connectivity index (χ1) is 9.93. The van der Waals surface area contributed by atoms with Crippen molar-refractivity contribution in [2.24, 2.45) is 0 Å². The van der Waals surface area contributed by atoms with Gasteiger partial charge in [-0.2, -0.15) is 5.10 Å². The zero-order valence-electron chi connectivity index (χ0n) is 12.8. The summed E-state index contributed by atoms with van der Waals surface area (Å²) in [6.07, 6.45) is 1.57. The van der Waals surface area contributed by atoms with Crippen LogP contribution in [0.1, 0.15) is 34.1 Å². The van der Waals surface area contributed by atoms with Gasteiger partial charge in [-0.15, -0.1) is 0 Å². The molecule has 0 radical (unpaired) electrons. The minimum atomic E-state index is -0.277. The molecule has 1 amide bonds. The molecule has 2 N–H and O–H groups in total. The van der Waals surface area contributed by atoms with Gasteiger partial charge in [0.1, 0.15) is 0 Å². The molecule has 0 aliphatic rings. The Labute approximate surface area is 124 Å². The Morgan fingerprint density at radius 1 is 1.38 bits per heavy atom. The van der Waals surface area contributed by atoms with E-state index in [1.165, 1.54) is 0 Å². The van der Waals surface area contributed by atoms with E-state index in [9.17, 15) is 4.79 Å². The van der Waals surface area contributed by atoms with Crippen LogP contribution >= 0.6 is 0 Å². The molecular weight excluding hydrogens is 266 g/mol. The highest BCUT2D eigenvalue weighted by Crippen LogP contribution is 2.19. The summed E-state index contributed by atoms with van der Waals surface area (Å²) >= 11 is 0. The Hall–Kier alpha value is -2.14. The predicted octanol–water partition coefficient (Wildman–Crippen LogP) is 1.91. The molecular formula is C16H21N3O2. The van der Waals surface area contributed by atoms with Gasteiger partial charge in [-0.05, 0) is 44.9 Å². The Bertz CT molecular complexity index is 662. The molecule has 5 heteroatoms. The van der Waals surface area contributed by atoms with Gasteiger partial charge in [0.25, 0.3) is 5.91 Å². The van der Waals surface area contributed by atoms with Gasteiger partial charge in [-0.25, -0.2) is 4.68 Å². The van der Waals surface area contributed by atoms with Crippen molar-refractivity contribution in [1.82, 2.24) is 15.1 Å². The fourth-order valence-electron chi connectivity index (χ4n) is 2.17. The number of carbonyl (C=O) groups excluding carboxylic acids is 1. The second-order valence-electron chi connectivity index (χ2n) is 5.40. The van der Waals surface area contributed by atoms with Gasteiger partial charge >= 0.3 is 0 Å². The number of benzene rings is 1. The van der Waals surface area contributed by atoms with E-state index in [1.807, 2.05) is 39.0 Å². The highest BCUT2D eigenvalue weighted by Gasteiger charge is 2.17. The van der Waals surface area contributed by atoms with Crippen LogP contribution in [-0.4, -0.2) is 33.4 Å². The second-order valence-corrected chi connectivity index (χ2v) is 5.40. The Morgan fingerprint density at radius 2 is 2.10 bits per heavy atom. The molecule has 1 atom stereocenters. The summed E-state index contributed by atoms with van der Waals surface area (Å²) < 4.78 is 1.78. The number of carbonyl (C=O) groups is 1. The third-order valence-corrected chi connectivity index (χ3v) is 3.50. The highest BCUT2D eigenvalue weighted by molar-refractivity contribution is 5.95. The zero-order valence-corrected chi connectivity index (χ0v) is 12.8. The van der Waals surface area contributed by atoms with Gasteiger partial charge in [0.15, 0.2) is 0 Å². The fourth-order valence-corrected chi connectivity index (χ4v) is 2.17. The minimum Gasteiger partial charge on any atom is -0.394 e. The topological polar surface area (TPSA) is 67.2 Å². The molecule has 21 heavy (non-hydrogen) atoms. The van der Waals surface area contributed by atoms with Crippen molar-refractivity contribution in [3.05, 3.63) is 46.8 Å². The summed E-state index contributed by atoms with van der Waals surface area (Å²) in [5, 5.41) is 16.1. The number of nitrogens with one attached hydrogen (secondary N) is 1. The van der Waals surface area contributed by atoms with E-state index in [0.29, 0.717) is 5.56 Å². The molecule has 112 valence electrons. The average molecular weight is 287 g/mol. The van der Waals surface area contributed by atoms with Crippen LogP contribution in [0.5, 0.6) is 0 Å². The van der Waals surface area contributed by atoms with E-state index in [4.69, 9.17) is 5.11 Å². The summed E-state index contributed by atoms with van der Waals surface area (Å²) in [7, 11) is 0. The number of aliphatic hydroxyl groups is 1. The average Bonchev–Trinajstić information content (AvgIpc) is 2.83. The van der Waals surface area contributed by atoms with Crippen molar-refractivity contribution < 1.29 is 9.90 Å². The normalized spacial score (nSPS) is 12.2. The number of rotatable bonds is 4. The number of hydrogen-bond acceptors (Lipinski definition) is 3. The van der Waals surface area contributed by atoms with Crippen LogP contribution < -0.4 is 5.32 Å². The highest BCUT2D eigenvalue weighted by atomic mass is 16.3. The second kappa shape index (κ2) is 6.10. The molecule has 1 aromatic carbocycles. The van der Waals surface area contributed by atoms with E-state index in [-0.39, 0.29) is 18.6 Å². The zero-order chi connectivity index (χ0) is 15.6. The molecule has 2 rings (SSSR count). The lowest BCUT2D eigenvalue weighted by molar-refractivity contribution is 0.0921. The van der Waals surface area contributed by atoms with E-state index in [0.717, 1.165) is 22.5 Å². The van der Waals surface area contributed by atoms with Gasteiger partial charge < -0.3 is 10.4 Å². The minimum absolute atomic E-state index is 0.0874. The van der Waals surface area contributed by atoms with Crippen molar-refractivity contribution >= 4 is 5.91 Å². The maximum atomic E-state index is 12.2. The maximum Gasteiger partial charge on any atom is 0.255 e. The van der Waals surface area contributed by atoms with Crippen molar-refractivity contribution in [1.29, 1.82) is 0 Å². The molecule has 1 heterocycles. The SMILES string of the molecule is Cc1ccc(C)c(-n2ncc(C(=O)NC(C)CO)c2C)c1. The largest absolute Gasteiger partial charge is 0.394 e. The molecule has 0 aliphatic carbocycles. The Balaban J connectivity index is 2.37. The molecule has 1 unspecified atom stereocenters. The number of aliphatic hydroxyl groups excluding tert-OH is 1. The lowest BCUT2D eigenvalue weighted by Gasteiger charge is -2.12. The van der Waals surface area contributed by atoms with Crippen LogP contribution in [0.4, 0.5) is 0 Å². The first-order valence-electron chi connectivity index (χ1n) is 6.98. The van der Waals surface area contributed by atoms with E-state index < -0.39 is 0 Å². The van der Waals surface area contributed by atoms with Crippen LogP contribution in [0.3, 0.4) is 0 Å². The standard InChI is InChI=1S/C16H21N3O2/c1-10-5-6-11(2)15(7-10)19-13(4)14(8-17-19)16(21)18-12(3)9-20/h5-8,12,20H,9H2,1-4H3,(H,18,21). The fraction of sp³-hybridized carbons (Fsp3) is 0.375. The third-order valence-electron chi connectivity index (χ3n) is 3.50. The molecule has 0 spiro atoms. The van der Waals surface area contributed by atoms with E-state index in [1.54, 1.807) is 17.8 Å². The van der Waals surface area contributed by atoms with Crippen LogP contribution in [0.2, 0.25) is 0 Å². The van der Waals surface area contributed by atoms with Gasteiger partial charge in [0.2, 0.25) is 0 Å². The quantitative estimate of drug-likeness (QED) is 0.902. The summed E-state index contributed by atoms with van der Waals surface area (Å²) in [4.78, 5) is 12.2. The molecule has 2 aromatic rings. The van der Waals surface area contributed by atoms with E-state index >= 15 is 0 Å². The first kappa shape index (κ1) is 15.3. The molecule has 0 saturated carbocycles. The number of hydrogen-bond donors (Lipinski definition) is 2. The predicted molar refractivity (Wildman–Crippen MR) is 81.8 cm³/mol. The van der Waals surface area contributed by atoms with Crippen molar-refractivity contribution in [3.8, 4) is 5.69 Å². The van der Waals surface area contributed by atoms with Gasteiger partial charge in [0.05, 0.1) is 29.7 Å². The van der Waals surface area contributed by atoms with Crippen LogP contribution in [0, 0.1) is 20.8 Å². The molecule has 5 nitrogen and oxygen atoms in total. The summed E-state index contributed by atoms with van der Waals surface area (Å²) in [6, 6.07) is 5.86. The third kappa shape index (κ3) is 3.13. The number of aromatic nitrogens is 2. The van der Waals surface area contributed by atoms with Crippen LogP contribution in [0.15, 0.2) is 24.4 Å². The summed E-state index contributed by atoms with van der Waals surface area (Å²) in [6.45, 7) is 7.58. The lowest BCUT2D eigenvalue weighted by atomic mass is 10.1. The van der Waals surface area contributed by atoms with Crippen molar-refractivity contribution in [2.45, 2.75) is 33.7 Å². The molecule has 1 aromatic heterocycles. The summed E-state index contributed by atoms with van der Waals surface area (Å²) in [5.74, 6) is -0.217.